The molecule has 0 radical (unpaired) electrons. The molecule has 1 saturated heterocycles. The molecular formula is C20H25N3O3S. The third-order valence-corrected chi connectivity index (χ3v) is 7.13. The van der Waals surface area contributed by atoms with E-state index in [9.17, 15) is 13.2 Å². The topological polar surface area (TPSA) is 81.1 Å². The van der Waals surface area contributed by atoms with Crippen molar-refractivity contribution in [2.24, 2.45) is 0 Å². The standard InChI is InChI=1S/C20H25N3O3S/c1-13(2)14-5-7-16(8-6-14)21-20(24)18-11-19(15-3-4-15)23(22-18)17-9-10-27(25,26)12-17/h5-8,11,13,15,17H,3-4,9-10,12H2,1-2H3,(H,21,24)/t17-/m1/s1. The number of aromatic nitrogens is 2. The zero-order valence-electron chi connectivity index (χ0n) is 15.7. The van der Waals surface area contributed by atoms with Gasteiger partial charge in [0.25, 0.3) is 5.91 Å². The number of anilines is 1. The van der Waals surface area contributed by atoms with Crippen LogP contribution in [0.3, 0.4) is 0 Å². The van der Waals surface area contributed by atoms with Crippen LogP contribution in [-0.4, -0.2) is 35.6 Å². The van der Waals surface area contributed by atoms with E-state index in [1.807, 2.05) is 30.3 Å². The van der Waals surface area contributed by atoms with Crippen LogP contribution in [-0.2, 0) is 9.84 Å². The van der Waals surface area contributed by atoms with Crippen LogP contribution < -0.4 is 5.32 Å². The highest BCUT2D eigenvalue weighted by Crippen LogP contribution is 2.42. The van der Waals surface area contributed by atoms with E-state index >= 15 is 0 Å². The second-order valence-electron chi connectivity index (χ2n) is 7.96. The molecule has 27 heavy (non-hydrogen) atoms. The molecule has 4 rings (SSSR count). The molecule has 0 bridgehead atoms. The van der Waals surface area contributed by atoms with E-state index in [-0.39, 0.29) is 23.5 Å². The quantitative estimate of drug-likeness (QED) is 0.851. The summed E-state index contributed by atoms with van der Waals surface area (Å²) in [4.78, 5) is 12.7. The smallest absolute Gasteiger partial charge is 0.276 e. The maximum absolute atomic E-state index is 12.7. The minimum Gasteiger partial charge on any atom is -0.321 e. The molecule has 1 aliphatic heterocycles. The number of sulfone groups is 1. The third-order valence-electron chi connectivity index (χ3n) is 5.38. The number of carbonyl (C=O) groups excluding carboxylic acids is 1. The van der Waals surface area contributed by atoms with E-state index in [1.165, 1.54) is 5.56 Å². The minimum absolute atomic E-state index is 0.117. The lowest BCUT2D eigenvalue weighted by molar-refractivity contribution is 0.102. The summed E-state index contributed by atoms with van der Waals surface area (Å²) in [5.74, 6) is 0.896. The summed E-state index contributed by atoms with van der Waals surface area (Å²) in [6.07, 6.45) is 2.72. The first-order valence-corrected chi connectivity index (χ1v) is 11.4. The van der Waals surface area contributed by atoms with E-state index in [4.69, 9.17) is 0 Å². The molecular weight excluding hydrogens is 362 g/mol. The van der Waals surface area contributed by atoms with Gasteiger partial charge in [0.1, 0.15) is 0 Å². The van der Waals surface area contributed by atoms with Crippen LogP contribution in [0.1, 0.15) is 72.7 Å². The maximum Gasteiger partial charge on any atom is 0.276 e. The molecule has 0 spiro atoms. The highest BCUT2D eigenvalue weighted by atomic mass is 32.2. The lowest BCUT2D eigenvalue weighted by Gasteiger charge is -2.12. The van der Waals surface area contributed by atoms with Crippen molar-refractivity contribution in [3.05, 3.63) is 47.3 Å². The molecule has 6 nitrogen and oxygen atoms in total. The second-order valence-corrected chi connectivity index (χ2v) is 10.2. The number of nitrogens with one attached hydrogen (secondary N) is 1. The fourth-order valence-corrected chi connectivity index (χ4v) is 5.30. The molecule has 0 unspecified atom stereocenters. The van der Waals surface area contributed by atoms with Crippen LogP contribution in [0.15, 0.2) is 30.3 Å². The first-order valence-electron chi connectivity index (χ1n) is 9.53. The van der Waals surface area contributed by atoms with Crippen molar-refractivity contribution in [3.63, 3.8) is 0 Å². The van der Waals surface area contributed by atoms with E-state index in [0.29, 0.717) is 24.0 Å². The summed E-state index contributed by atoms with van der Waals surface area (Å²) in [6, 6.07) is 9.50. The Hall–Kier alpha value is -2.15. The van der Waals surface area contributed by atoms with Crippen molar-refractivity contribution in [2.75, 3.05) is 16.8 Å². The summed E-state index contributed by atoms with van der Waals surface area (Å²) >= 11 is 0. The van der Waals surface area contributed by atoms with Gasteiger partial charge in [0.05, 0.1) is 17.5 Å². The molecule has 1 aromatic carbocycles. The molecule has 144 valence electrons. The summed E-state index contributed by atoms with van der Waals surface area (Å²) < 4.78 is 25.5. The lowest BCUT2D eigenvalue weighted by Crippen LogP contribution is -2.17. The van der Waals surface area contributed by atoms with Crippen molar-refractivity contribution in [1.29, 1.82) is 0 Å². The van der Waals surface area contributed by atoms with Crippen molar-refractivity contribution in [2.45, 2.75) is 51.0 Å². The van der Waals surface area contributed by atoms with Crippen LogP contribution >= 0.6 is 0 Å². The monoisotopic (exact) mass is 387 g/mol. The number of rotatable bonds is 5. The number of hydrogen-bond acceptors (Lipinski definition) is 4. The van der Waals surface area contributed by atoms with Gasteiger partial charge in [0, 0.05) is 17.3 Å². The van der Waals surface area contributed by atoms with Gasteiger partial charge in [0.2, 0.25) is 0 Å². The van der Waals surface area contributed by atoms with Gasteiger partial charge in [-0.1, -0.05) is 26.0 Å². The van der Waals surface area contributed by atoms with Crippen LogP contribution in [0.5, 0.6) is 0 Å². The second kappa shape index (κ2) is 6.78. The Labute approximate surface area is 159 Å². The number of hydrogen-bond donors (Lipinski definition) is 1. The molecule has 1 amide bonds. The fraction of sp³-hybridized carbons (Fsp3) is 0.500. The van der Waals surface area contributed by atoms with Gasteiger partial charge in [-0.2, -0.15) is 5.10 Å². The molecule has 1 aromatic heterocycles. The SMILES string of the molecule is CC(C)c1ccc(NC(=O)c2cc(C3CC3)n([C@@H]3CCS(=O)(=O)C3)n2)cc1. The molecule has 7 heteroatoms. The Bertz CT molecular complexity index is 957. The van der Waals surface area contributed by atoms with Crippen molar-refractivity contribution in [3.8, 4) is 0 Å². The average molecular weight is 388 g/mol. The summed E-state index contributed by atoms with van der Waals surface area (Å²) in [5, 5.41) is 7.40. The molecule has 1 N–H and O–H groups in total. The van der Waals surface area contributed by atoms with Gasteiger partial charge in [-0.25, -0.2) is 8.42 Å². The Morgan fingerprint density at radius 3 is 2.44 bits per heavy atom. The van der Waals surface area contributed by atoms with Gasteiger partial charge < -0.3 is 5.32 Å². The number of nitrogens with zero attached hydrogens (tertiary/aromatic N) is 2. The van der Waals surface area contributed by atoms with Gasteiger partial charge in [-0.15, -0.1) is 0 Å². The van der Waals surface area contributed by atoms with E-state index in [2.05, 4.69) is 24.3 Å². The van der Waals surface area contributed by atoms with Crippen LogP contribution in [0, 0.1) is 0 Å². The summed E-state index contributed by atoms with van der Waals surface area (Å²) in [5.41, 5.74) is 3.30. The van der Waals surface area contributed by atoms with E-state index < -0.39 is 9.84 Å². The largest absolute Gasteiger partial charge is 0.321 e. The molecule has 1 aliphatic carbocycles. The summed E-state index contributed by atoms with van der Waals surface area (Å²) in [7, 11) is -3.00. The van der Waals surface area contributed by atoms with E-state index in [0.717, 1.165) is 24.2 Å². The fourth-order valence-electron chi connectivity index (χ4n) is 3.61. The van der Waals surface area contributed by atoms with Gasteiger partial charge in [-0.3, -0.25) is 9.48 Å². The van der Waals surface area contributed by atoms with E-state index in [1.54, 1.807) is 4.68 Å². The first kappa shape index (κ1) is 18.2. The molecule has 2 fully saturated rings. The van der Waals surface area contributed by atoms with Gasteiger partial charge in [-0.05, 0) is 48.9 Å². The van der Waals surface area contributed by atoms with Crippen LogP contribution in [0.4, 0.5) is 5.69 Å². The Kier molecular flexibility index (Phi) is 4.58. The van der Waals surface area contributed by atoms with Crippen molar-refractivity contribution in [1.82, 2.24) is 9.78 Å². The lowest BCUT2D eigenvalue weighted by atomic mass is 10.0. The Balaban J connectivity index is 1.54. The molecule has 2 heterocycles. The normalized spacial score (nSPS) is 21.5. The Morgan fingerprint density at radius 2 is 1.89 bits per heavy atom. The molecule has 1 saturated carbocycles. The van der Waals surface area contributed by atoms with Crippen molar-refractivity contribution >= 4 is 21.4 Å². The predicted molar refractivity (Wildman–Crippen MR) is 105 cm³/mol. The van der Waals surface area contributed by atoms with Crippen LogP contribution in [0.2, 0.25) is 0 Å². The first-order chi connectivity index (χ1) is 12.8. The highest BCUT2D eigenvalue weighted by Gasteiger charge is 2.36. The van der Waals surface area contributed by atoms with Crippen LogP contribution in [0.25, 0.3) is 0 Å². The number of carbonyl (C=O) groups is 1. The molecule has 2 aliphatic rings. The molecule has 2 aromatic rings. The zero-order chi connectivity index (χ0) is 19.2. The third kappa shape index (κ3) is 3.93. The predicted octanol–water partition coefficient (Wildman–Crippen LogP) is 3.50. The van der Waals surface area contributed by atoms with Crippen molar-refractivity contribution < 1.29 is 13.2 Å². The minimum atomic E-state index is -3.00. The number of benzene rings is 1. The van der Waals surface area contributed by atoms with Gasteiger partial charge >= 0.3 is 0 Å². The Morgan fingerprint density at radius 1 is 1.19 bits per heavy atom. The molecule has 1 atom stereocenters. The summed E-state index contributed by atoms with van der Waals surface area (Å²) in [6.45, 7) is 4.26. The maximum atomic E-state index is 12.7. The number of amides is 1. The zero-order valence-corrected chi connectivity index (χ0v) is 16.5. The van der Waals surface area contributed by atoms with Gasteiger partial charge in [0.15, 0.2) is 15.5 Å². The average Bonchev–Trinajstić information content (AvgIpc) is 3.26. The highest BCUT2D eigenvalue weighted by molar-refractivity contribution is 7.91.